The maximum Gasteiger partial charge on any atom is 0.105 e. The van der Waals surface area contributed by atoms with E-state index in [4.69, 9.17) is 0 Å². The molecule has 0 saturated heterocycles. The van der Waals surface area contributed by atoms with E-state index in [1.54, 1.807) is 18.0 Å². The summed E-state index contributed by atoms with van der Waals surface area (Å²) in [5.41, 5.74) is 2.72. The number of thioether (sulfide) groups is 1. The molecule has 0 fully saturated rings. The van der Waals surface area contributed by atoms with Gasteiger partial charge in [-0.15, -0.1) is 11.8 Å². The summed E-state index contributed by atoms with van der Waals surface area (Å²) in [5, 5.41) is 11.7. The van der Waals surface area contributed by atoms with E-state index in [1.165, 1.54) is 0 Å². The van der Waals surface area contributed by atoms with E-state index >= 15 is 0 Å². The van der Waals surface area contributed by atoms with Gasteiger partial charge in [-0.25, -0.2) is 0 Å². The highest BCUT2D eigenvalue weighted by Crippen LogP contribution is 2.31. The fourth-order valence-corrected chi connectivity index (χ4v) is 2.96. The second-order valence-electron chi connectivity index (χ2n) is 4.60. The Bertz CT molecular complexity index is 742. The topological polar surface area (TPSA) is 33.1 Å². The first-order chi connectivity index (χ1) is 9.79. The first-order valence-electron chi connectivity index (χ1n) is 6.45. The predicted molar refractivity (Wildman–Crippen MR) is 84.0 cm³/mol. The van der Waals surface area contributed by atoms with Crippen molar-refractivity contribution in [2.45, 2.75) is 11.0 Å². The average molecular weight is 281 g/mol. The minimum absolute atomic E-state index is 0.620. The highest BCUT2D eigenvalue weighted by atomic mass is 32.2. The number of fused-ring (bicyclic) bond motifs is 1. The van der Waals surface area contributed by atoms with Gasteiger partial charge in [-0.05, 0) is 35.6 Å². The molecule has 0 saturated carbocycles. The predicted octanol–water partition coefficient (Wildman–Crippen LogP) is 4.04. The third kappa shape index (κ3) is 2.42. The van der Waals surface area contributed by atoms with Gasteiger partial charge in [0.1, 0.15) is 6.10 Å². The third-order valence-electron chi connectivity index (χ3n) is 3.38. The minimum atomic E-state index is -0.620. The van der Waals surface area contributed by atoms with Gasteiger partial charge in [0.05, 0.1) is 5.52 Å². The molecule has 1 N–H and O–H groups in total. The molecule has 0 aliphatic heterocycles. The summed E-state index contributed by atoms with van der Waals surface area (Å²) in [5.74, 6) is 0. The van der Waals surface area contributed by atoms with Gasteiger partial charge in [0.25, 0.3) is 0 Å². The van der Waals surface area contributed by atoms with Crippen molar-refractivity contribution in [1.82, 2.24) is 4.98 Å². The summed E-state index contributed by atoms with van der Waals surface area (Å²) in [6.45, 7) is 0. The standard InChI is InChI=1S/C17H15NOS/c1-20-16-7-3-2-6-14(16)17(19)13-9-8-12-5-4-10-18-15(12)11-13/h2-11,17,19H,1H3. The molecule has 100 valence electrons. The molecule has 1 atom stereocenters. The van der Waals surface area contributed by atoms with Crippen molar-refractivity contribution in [2.75, 3.05) is 6.26 Å². The van der Waals surface area contributed by atoms with Crippen LogP contribution in [0, 0.1) is 0 Å². The summed E-state index contributed by atoms with van der Waals surface area (Å²) in [6, 6.07) is 17.8. The van der Waals surface area contributed by atoms with Crippen molar-refractivity contribution < 1.29 is 5.11 Å². The fourth-order valence-electron chi connectivity index (χ4n) is 2.33. The Kier molecular flexibility index (Phi) is 3.72. The van der Waals surface area contributed by atoms with Gasteiger partial charge < -0.3 is 5.11 Å². The van der Waals surface area contributed by atoms with Crippen molar-refractivity contribution in [3.63, 3.8) is 0 Å². The minimum Gasteiger partial charge on any atom is -0.384 e. The molecule has 0 aliphatic carbocycles. The Balaban J connectivity index is 2.05. The lowest BCUT2D eigenvalue weighted by Crippen LogP contribution is -2.01. The lowest BCUT2D eigenvalue weighted by atomic mass is 10.00. The van der Waals surface area contributed by atoms with Crippen LogP contribution < -0.4 is 0 Å². The van der Waals surface area contributed by atoms with Crippen molar-refractivity contribution in [3.05, 3.63) is 71.9 Å². The maximum absolute atomic E-state index is 10.6. The molecule has 0 spiro atoms. The van der Waals surface area contributed by atoms with Crippen LogP contribution in [0.25, 0.3) is 10.9 Å². The molecular weight excluding hydrogens is 266 g/mol. The normalized spacial score (nSPS) is 12.5. The van der Waals surface area contributed by atoms with Gasteiger partial charge >= 0.3 is 0 Å². The van der Waals surface area contributed by atoms with Crippen molar-refractivity contribution in [1.29, 1.82) is 0 Å². The highest BCUT2D eigenvalue weighted by Gasteiger charge is 2.14. The molecule has 3 aromatic rings. The van der Waals surface area contributed by atoms with Gasteiger partial charge in [0, 0.05) is 16.5 Å². The van der Waals surface area contributed by atoms with Crippen LogP contribution in [0.3, 0.4) is 0 Å². The first-order valence-corrected chi connectivity index (χ1v) is 7.68. The Morgan fingerprint density at radius 1 is 1.05 bits per heavy atom. The number of aliphatic hydroxyl groups excluding tert-OH is 1. The largest absolute Gasteiger partial charge is 0.384 e. The van der Waals surface area contributed by atoms with Crippen LogP contribution in [0.15, 0.2) is 65.7 Å². The smallest absolute Gasteiger partial charge is 0.105 e. The number of hydrogen-bond acceptors (Lipinski definition) is 3. The zero-order chi connectivity index (χ0) is 13.9. The Morgan fingerprint density at radius 2 is 1.90 bits per heavy atom. The number of aromatic nitrogens is 1. The molecule has 0 aliphatic rings. The second-order valence-corrected chi connectivity index (χ2v) is 5.45. The van der Waals surface area contributed by atoms with Crippen molar-refractivity contribution in [3.8, 4) is 0 Å². The molecule has 2 nitrogen and oxygen atoms in total. The molecule has 1 unspecified atom stereocenters. The van der Waals surface area contributed by atoms with Crippen LogP contribution in [0.1, 0.15) is 17.2 Å². The zero-order valence-corrected chi connectivity index (χ0v) is 12.0. The van der Waals surface area contributed by atoms with Crippen molar-refractivity contribution in [2.24, 2.45) is 0 Å². The summed E-state index contributed by atoms with van der Waals surface area (Å²) < 4.78 is 0. The van der Waals surface area contributed by atoms with Gasteiger partial charge in [0.2, 0.25) is 0 Å². The quantitative estimate of drug-likeness (QED) is 0.736. The highest BCUT2D eigenvalue weighted by molar-refractivity contribution is 7.98. The summed E-state index contributed by atoms with van der Waals surface area (Å²) in [7, 11) is 0. The second kappa shape index (κ2) is 5.65. The van der Waals surface area contributed by atoms with E-state index in [-0.39, 0.29) is 0 Å². The maximum atomic E-state index is 10.6. The van der Waals surface area contributed by atoms with Crippen molar-refractivity contribution >= 4 is 22.7 Å². The fraction of sp³-hybridized carbons (Fsp3) is 0.118. The van der Waals surface area contributed by atoms with Gasteiger partial charge in [-0.3, -0.25) is 4.98 Å². The molecule has 3 heteroatoms. The van der Waals surface area contributed by atoms with E-state index in [0.717, 1.165) is 26.9 Å². The van der Waals surface area contributed by atoms with Gasteiger partial charge in [0.15, 0.2) is 0 Å². The molecule has 2 aromatic carbocycles. The van der Waals surface area contributed by atoms with E-state index in [9.17, 15) is 5.11 Å². The van der Waals surface area contributed by atoms with Crippen LogP contribution in [0.5, 0.6) is 0 Å². The third-order valence-corrected chi connectivity index (χ3v) is 4.19. The van der Waals surface area contributed by atoms with E-state index in [2.05, 4.69) is 4.98 Å². The van der Waals surface area contributed by atoms with Crippen LogP contribution in [0.4, 0.5) is 0 Å². The summed E-state index contributed by atoms with van der Waals surface area (Å²) in [6.07, 6.45) is 3.17. The molecule has 20 heavy (non-hydrogen) atoms. The number of rotatable bonds is 3. The molecule has 1 aromatic heterocycles. The monoisotopic (exact) mass is 281 g/mol. The number of benzene rings is 2. The summed E-state index contributed by atoms with van der Waals surface area (Å²) in [4.78, 5) is 5.44. The Morgan fingerprint density at radius 3 is 2.75 bits per heavy atom. The van der Waals surface area contributed by atoms with E-state index in [0.29, 0.717) is 0 Å². The van der Waals surface area contributed by atoms with Crippen LogP contribution in [-0.4, -0.2) is 16.3 Å². The van der Waals surface area contributed by atoms with Gasteiger partial charge in [-0.1, -0.05) is 36.4 Å². The zero-order valence-electron chi connectivity index (χ0n) is 11.2. The Hall–Kier alpha value is -1.84. The van der Waals surface area contributed by atoms with E-state index < -0.39 is 6.10 Å². The molecule has 3 rings (SSSR count). The number of nitrogens with zero attached hydrogens (tertiary/aromatic N) is 1. The average Bonchev–Trinajstić information content (AvgIpc) is 2.53. The number of pyridine rings is 1. The van der Waals surface area contributed by atoms with E-state index in [1.807, 2.05) is 60.9 Å². The molecule has 0 amide bonds. The lowest BCUT2D eigenvalue weighted by Gasteiger charge is -2.15. The first kappa shape index (κ1) is 13.2. The van der Waals surface area contributed by atoms with Crippen LogP contribution in [0.2, 0.25) is 0 Å². The van der Waals surface area contributed by atoms with Gasteiger partial charge in [-0.2, -0.15) is 0 Å². The summed E-state index contributed by atoms with van der Waals surface area (Å²) >= 11 is 1.65. The number of hydrogen-bond donors (Lipinski definition) is 1. The Labute approximate surface area is 122 Å². The molecule has 1 heterocycles. The molecule has 0 radical (unpaired) electrons. The van der Waals surface area contributed by atoms with Crippen LogP contribution in [-0.2, 0) is 0 Å². The van der Waals surface area contributed by atoms with Crippen LogP contribution >= 0.6 is 11.8 Å². The number of aliphatic hydroxyl groups is 1. The molecule has 0 bridgehead atoms. The SMILES string of the molecule is CSc1ccccc1C(O)c1ccc2cccnc2c1. The molecular formula is C17H15NOS. The lowest BCUT2D eigenvalue weighted by molar-refractivity contribution is 0.217.